The normalized spacial score (nSPS) is 16.7. The number of rotatable bonds is 3. The van der Waals surface area contributed by atoms with Gasteiger partial charge in [0.15, 0.2) is 11.6 Å². The topological polar surface area (TPSA) is 116 Å². The quantitative estimate of drug-likeness (QED) is 0.518. The summed E-state index contributed by atoms with van der Waals surface area (Å²) in [5.41, 5.74) is 3.60. The zero-order chi connectivity index (χ0) is 21.5. The molecule has 1 saturated heterocycles. The van der Waals surface area contributed by atoms with E-state index in [4.69, 9.17) is 4.98 Å². The van der Waals surface area contributed by atoms with Gasteiger partial charge in [0, 0.05) is 30.4 Å². The van der Waals surface area contributed by atoms with E-state index in [-0.39, 0.29) is 12.1 Å². The summed E-state index contributed by atoms with van der Waals surface area (Å²) in [5, 5.41) is 16.8. The van der Waals surface area contributed by atoms with Crippen LogP contribution in [-0.2, 0) is 0 Å². The first-order chi connectivity index (χ1) is 15.8. The number of carbonyl (C=O) groups excluding carboxylic acids is 1. The second-order valence-electron chi connectivity index (χ2n) is 7.77. The van der Waals surface area contributed by atoms with Gasteiger partial charge in [-0.1, -0.05) is 30.3 Å². The molecule has 3 aromatic heterocycles. The van der Waals surface area contributed by atoms with E-state index in [0.29, 0.717) is 17.5 Å². The Labute approximate surface area is 183 Å². The SMILES string of the molecule is O=C(Nc1ccccn1)N1c2nc(-c3ccc(-c4nnn[nH]4)cc3)ccc2N2CC[C@H]1C2. The van der Waals surface area contributed by atoms with Gasteiger partial charge in [0.25, 0.3) is 0 Å². The molecule has 1 fully saturated rings. The number of fused-ring (bicyclic) bond motifs is 4. The van der Waals surface area contributed by atoms with Gasteiger partial charge < -0.3 is 4.90 Å². The van der Waals surface area contributed by atoms with E-state index < -0.39 is 0 Å². The summed E-state index contributed by atoms with van der Waals surface area (Å²) < 4.78 is 0. The third kappa shape index (κ3) is 3.13. The van der Waals surface area contributed by atoms with Gasteiger partial charge >= 0.3 is 6.03 Å². The van der Waals surface area contributed by atoms with Crippen LogP contribution < -0.4 is 15.1 Å². The fourth-order valence-corrected chi connectivity index (χ4v) is 4.32. The van der Waals surface area contributed by atoms with Crippen LogP contribution in [-0.4, -0.2) is 55.8 Å². The molecule has 4 aromatic rings. The fourth-order valence-electron chi connectivity index (χ4n) is 4.32. The second-order valence-corrected chi connectivity index (χ2v) is 7.77. The molecule has 0 spiro atoms. The third-order valence-electron chi connectivity index (χ3n) is 5.87. The maximum atomic E-state index is 13.2. The number of aromatic amines is 1. The predicted octanol–water partition coefficient (Wildman–Crippen LogP) is 2.95. The van der Waals surface area contributed by atoms with Gasteiger partial charge in [-0.2, -0.15) is 0 Å². The lowest BCUT2D eigenvalue weighted by atomic mass is 10.1. The van der Waals surface area contributed by atoms with Crippen LogP contribution in [0.5, 0.6) is 0 Å². The highest BCUT2D eigenvalue weighted by atomic mass is 16.2. The largest absolute Gasteiger partial charge is 0.366 e. The average molecular weight is 425 g/mol. The van der Waals surface area contributed by atoms with Crippen LogP contribution in [0.2, 0.25) is 0 Å². The Balaban J connectivity index is 1.35. The molecular formula is C22H19N9O. The average Bonchev–Trinajstić information content (AvgIpc) is 3.51. The molecule has 6 rings (SSSR count). The highest BCUT2D eigenvalue weighted by Gasteiger charge is 2.40. The van der Waals surface area contributed by atoms with Gasteiger partial charge in [-0.15, -0.1) is 5.10 Å². The first kappa shape index (κ1) is 18.4. The Morgan fingerprint density at radius 2 is 1.94 bits per heavy atom. The molecule has 158 valence electrons. The smallest absolute Gasteiger partial charge is 0.329 e. The van der Waals surface area contributed by atoms with E-state index in [1.54, 1.807) is 17.2 Å². The zero-order valence-electron chi connectivity index (χ0n) is 17.0. The highest BCUT2D eigenvalue weighted by molar-refractivity contribution is 6.04. The predicted molar refractivity (Wildman–Crippen MR) is 119 cm³/mol. The van der Waals surface area contributed by atoms with Crippen LogP contribution in [0.3, 0.4) is 0 Å². The Bertz CT molecular complexity index is 1260. The standard InChI is InChI=1S/C22H19N9O/c32-22(25-19-3-1-2-11-23-19)31-16-10-12-30(13-16)18-9-8-17(24-21(18)31)14-4-6-15(7-5-14)20-26-28-29-27-20/h1-9,11,16H,10,12-13H2,(H,23,25,32)(H,26,27,28,29)/t16-/m0/s1. The molecule has 10 heteroatoms. The molecule has 0 radical (unpaired) electrons. The summed E-state index contributed by atoms with van der Waals surface area (Å²) in [7, 11) is 0. The summed E-state index contributed by atoms with van der Waals surface area (Å²) in [5.74, 6) is 1.80. The molecule has 0 unspecified atom stereocenters. The van der Waals surface area contributed by atoms with Crippen molar-refractivity contribution in [2.75, 3.05) is 28.2 Å². The molecule has 0 aliphatic carbocycles. The number of urea groups is 1. The second kappa shape index (κ2) is 7.41. The number of benzene rings is 1. The molecule has 5 heterocycles. The first-order valence-corrected chi connectivity index (χ1v) is 10.4. The maximum Gasteiger partial charge on any atom is 0.329 e. The minimum absolute atomic E-state index is 0.0790. The van der Waals surface area contributed by atoms with E-state index in [1.165, 1.54) is 0 Å². The van der Waals surface area contributed by atoms with Crippen molar-refractivity contribution in [3.63, 3.8) is 0 Å². The number of nitrogens with one attached hydrogen (secondary N) is 2. The Hall–Kier alpha value is -4.34. The van der Waals surface area contributed by atoms with Crippen LogP contribution >= 0.6 is 0 Å². The summed E-state index contributed by atoms with van der Waals surface area (Å²) >= 11 is 0. The van der Waals surface area contributed by atoms with E-state index in [9.17, 15) is 4.79 Å². The number of hydrogen-bond acceptors (Lipinski definition) is 7. The fraction of sp³-hybridized carbons (Fsp3) is 0.182. The van der Waals surface area contributed by atoms with Crippen molar-refractivity contribution >= 4 is 23.4 Å². The van der Waals surface area contributed by atoms with Crippen molar-refractivity contribution in [3.05, 3.63) is 60.8 Å². The van der Waals surface area contributed by atoms with Gasteiger partial charge in [-0.05, 0) is 41.1 Å². The van der Waals surface area contributed by atoms with Crippen LogP contribution in [0.4, 0.5) is 22.1 Å². The van der Waals surface area contributed by atoms with Crippen molar-refractivity contribution in [1.82, 2.24) is 30.6 Å². The van der Waals surface area contributed by atoms with Gasteiger partial charge in [-0.25, -0.2) is 19.9 Å². The molecule has 2 aliphatic rings. The number of H-pyrrole nitrogens is 1. The van der Waals surface area contributed by atoms with Crippen molar-refractivity contribution in [1.29, 1.82) is 0 Å². The minimum Gasteiger partial charge on any atom is -0.366 e. The number of hydrogen-bond donors (Lipinski definition) is 2. The van der Waals surface area contributed by atoms with Crippen molar-refractivity contribution in [3.8, 4) is 22.6 Å². The molecular weight excluding hydrogens is 406 g/mol. The Kier molecular flexibility index (Phi) is 4.27. The van der Waals surface area contributed by atoms with Crippen molar-refractivity contribution in [2.24, 2.45) is 0 Å². The number of pyridine rings is 2. The lowest BCUT2D eigenvalue weighted by molar-refractivity contribution is 0.254. The number of nitrogens with zero attached hydrogens (tertiary/aromatic N) is 7. The zero-order valence-corrected chi connectivity index (χ0v) is 17.0. The minimum atomic E-state index is -0.214. The van der Waals surface area contributed by atoms with E-state index in [0.717, 1.165) is 42.0 Å². The van der Waals surface area contributed by atoms with Crippen molar-refractivity contribution < 1.29 is 4.79 Å². The summed E-state index contributed by atoms with van der Waals surface area (Å²) in [6.07, 6.45) is 2.56. The number of carbonyl (C=O) groups is 1. The lowest BCUT2D eigenvalue weighted by Gasteiger charge is -2.35. The summed E-state index contributed by atoms with van der Waals surface area (Å²) in [6.45, 7) is 1.72. The van der Waals surface area contributed by atoms with Gasteiger partial charge in [0.2, 0.25) is 0 Å². The Morgan fingerprint density at radius 1 is 1.06 bits per heavy atom. The first-order valence-electron chi connectivity index (χ1n) is 10.4. The molecule has 0 saturated carbocycles. The van der Waals surface area contributed by atoms with Crippen LogP contribution in [0.25, 0.3) is 22.6 Å². The summed E-state index contributed by atoms with van der Waals surface area (Å²) in [4.78, 5) is 26.4. The molecule has 1 aromatic carbocycles. The van der Waals surface area contributed by atoms with Gasteiger partial charge in [-0.3, -0.25) is 10.2 Å². The lowest BCUT2D eigenvalue weighted by Crippen LogP contribution is -2.48. The molecule has 2 N–H and O–H groups in total. The van der Waals surface area contributed by atoms with Crippen molar-refractivity contribution in [2.45, 2.75) is 12.5 Å². The number of amides is 2. The molecule has 10 nitrogen and oxygen atoms in total. The highest BCUT2D eigenvalue weighted by Crippen LogP contribution is 2.40. The van der Waals surface area contributed by atoms with Gasteiger partial charge in [0.1, 0.15) is 5.82 Å². The Morgan fingerprint density at radius 3 is 2.72 bits per heavy atom. The third-order valence-corrected chi connectivity index (χ3v) is 5.87. The molecule has 1 atom stereocenters. The molecule has 32 heavy (non-hydrogen) atoms. The number of anilines is 3. The monoisotopic (exact) mass is 425 g/mol. The van der Waals surface area contributed by atoms with Crippen LogP contribution in [0, 0.1) is 0 Å². The van der Waals surface area contributed by atoms with E-state index >= 15 is 0 Å². The summed E-state index contributed by atoms with van der Waals surface area (Å²) in [6, 6.07) is 17.2. The molecule has 2 bridgehead atoms. The number of tetrazole rings is 1. The van der Waals surface area contributed by atoms with Crippen LogP contribution in [0.15, 0.2) is 60.8 Å². The molecule has 2 amide bonds. The number of aromatic nitrogens is 6. The van der Waals surface area contributed by atoms with Gasteiger partial charge in [0.05, 0.1) is 17.4 Å². The molecule has 2 aliphatic heterocycles. The van der Waals surface area contributed by atoms with E-state index in [1.807, 2.05) is 42.5 Å². The van der Waals surface area contributed by atoms with E-state index in [2.05, 4.69) is 41.9 Å². The van der Waals surface area contributed by atoms with Crippen LogP contribution in [0.1, 0.15) is 6.42 Å². The maximum absolute atomic E-state index is 13.2.